The number of rotatable bonds is 0. The lowest BCUT2D eigenvalue weighted by molar-refractivity contribution is -0.670. The summed E-state index contributed by atoms with van der Waals surface area (Å²) in [6.45, 7) is 9.69. The Morgan fingerprint density at radius 3 is 0.636 bits per heavy atom. The minimum absolute atomic E-state index is 0.944. The highest BCUT2D eigenvalue weighted by molar-refractivity contribution is 6.50. The molecular weight excluding hydrogens is 487 g/mol. The molecule has 3 rings (SSSR count). The molecule has 3 fully saturated rings. The maximum atomic E-state index is 9.75. The van der Waals surface area contributed by atoms with E-state index in [4.69, 9.17) is 4.74 Å². The standard InChI is InChI=1S/2C5H11N.C4H9NO.3BF4/c2*1-2-4-6-5-3-1;1-3-6-4-2-5-1;3*2-1(3,4)5/h2*6H,1-5H2;5H,1-4H2;;;/q;;;3*-1/p+3. The molecule has 204 valence electrons. The number of ether oxygens (including phenoxy) is 1. The summed E-state index contributed by atoms with van der Waals surface area (Å²) < 4.78 is 122. The summed E-state index contributed by atoms with van der Waals surface area (Å²) in [7, 11) is -18.0. The Kier molecular flexibility index (Phi) is 25.6. The van der Waals surface area contributed by atoms with Crippen LogP contribution in [0.1, 0.15) is 38.5 Å². The molecule has 33 heavy (non-hydrogen) atoms. The lowest BCUT2D eigenvalue weighted by Crippen LogP contribution is -2.87. The lowest BCUT2D eigenvalue weighted by atomic mass is 10.2. The largest absolute Gasteiger partial charge is 0.673 e. The van der Waals surface area contributed by atoms with E-state index < -0.39 is 21.8 Å². The van der Waals surface area contributed by atoms with Gasteiger partial charge in [0, 0.05) is 0 Å². The Balaban J connectivity index is -0.000000329. The van der Waals surface area contributed by atoms with Crippen molar-refractivity contribution in [3.63, 3.8) is 0 Å². The zero-order valence-electron chi connectivity index (χ0n) is 18.3. The van der Waals surface area contributed by atoms with E-state index in [0.29, 0.717) is 0 Å². The molecule has 6 N–H and O–H groups in total. The van der Waals surface area contributed by atoms with E-state index in [1.807, 2.05) is 0 Å². The van der Waals surface area contributed by atoms with Crippen LogP contribution in [0.5, 0.6) is 0 Å². The monoisotopic (exact) mass is 521 g/mol. The zero-order valence-corrected chi connectivity index (χ0v) is 18.3. The molecule has 3 aliphatic heterocycles. The van der Waals surface area contributed by atoms with Crippen LogP contribution in [0.3, 0.4) is 0 Å². The van der Waals surface area contributed by atoms with Crippen molar-refractivity contribution < 1.29 is 72.5 Å². The first-order valence-corrected chi connectivity index (χ1v) is 10.6. The van der Waals surface area contributed by atoms with Gasteiger partial charge in [-0.1, -0.05) is 0 Å². The Morgan fingerprint density at radius 1 is 0.364 bits per heavy atom. The topological polar surface area (TPSA) is 59.1 Å². The number of piperidine rings is 2. The summed E-state index contributed by atoms with van der Waals surface area (Å²) in [5, 5.41) is 7.05. The second-order valence-electron chi connectivity index (χ2n) is 6.82. The van der Waals surface area contributed by atoms with Crippen molar-refractivity contribution in [1.82, 2.24) is 0 Å². The molecule has 0 unspecified atom stereocenters. The van der Waals surface area contributed by atoms with Crippen molar-refractivity contribution in [2.75, 3.05) is 52.5 Å². The van der Waals surface area contributed by atoms with E-state index in [1.165, 1.54) is 64.7 Å². The van der Waals surface area contributed by atoms with Crippen molar-refractivity contribution in [2.45, 2.75) is 38.5 Å². The van der Waals surface area contributed by atoms with Gasteiger partial charge < -0.3 is 72.5 Å². The third-order valence-corrected chi connectivity index (χ3v) is 3.57. The van der Waals surface area contributed by atoms with Gasteiger partial charge in [0.15, 0.2) is 0 Å². The van der Waals surface area contributed by atoms with Gasteiger partial charge in [-0.05, 0) is 38.5 Å². The van der Waals surface area contributed by atoms with E-state index in [9.17, 15) is 51.8 Å². The fourth-order valence-electron chi connectivity index (χ4n) is 2.38. The maximum Gasteiger partial charge on any atom is 0.673 e. The Hall–Kier alpha value is -0.805. The molecule has 0 aromatic heterocycles. The van der Waals surface area contributed by atoms with Gasteiger partial charge in [0.05, 0.1) is 52.5 Å². The molecule has 4 nitrogen and oxygen atoms in total. The van der Waals surface area contributed by atoms with E-state index in [0.717, 1.165) is 26.3 Å². The van der Waals surface area contributed by atoms with Crippen molar-refractivity contribution in [2.24, 2.45) is 0 Å². The highest BCUT2D eigenvalue weighted by Crippen LogP contribution is 2.07. The first-order valence-electron chi connectivity index (χ1n) is 10.6. The summed E-state index contributed by atoms with van der Waals surface area (Å²) in [6, 6.07) is 0. The highest BCUT2D eigenvalue weighted by atomic mass is 19.5. The van der Waals surface area contributed by atoms with Gasteiger partial charge in [-0.25, -0.2) is 0 Å². The van der Waals surface area contributed by atoms with Crippen LogP contribution in [-0.4, -0.2) is 74.2 Å². The van der Waals surface area contributed by atoms with Gasteiger partial charge in [0.1, 0.15) is 0 Å². The molecule has 0 radical (unpaired) electrons. The first kappa shape index (κ1) is 36.8. The average molecular weight is 521 g/mol. The second kappa shape index (κ2) is 23.0. The summed E-state index contributed by atoms with van der Waals surface area (Å²) in [6.07, 6.45) is 8.72. The minimum atomic E-state index is -6.00. The predicted molar refractivity (Wildman–Crippen MR) is 104 cm³/mol. The molecule has 0 saturated carbocycles. The fraction of sp³-hybridized carbons (Fsp3) is 1.00. The van der Waals surface area contributed by atoms with E-state index in [-0.39, 0.29) is 0 Å². The number of morpholine rings is 1. The van der Waals surface area contributed by atoms with Crippen LogP contribution in [0, 0.1) is 0 Å². The van der Waals surface area contributed by atoms with Crippen LogP contribution in [0.2, 0.25) is 0 Å². The molecule has 3 aliphatic rings. The molecule has 0 aromatic rings. The number of hydrogen-bond acceptors (Lipinski definition) is 1. The molecule has 0 spiro atoms. The lowest BCUT2D eigenvalue weighted by Gasteiger charge is -2.07. The maximum absolute atomic E-state index is 9.75. The molecule has 3 saturated heterocycles. The first-order chi connectivity index (χ1) is 15.0. The van der Waals surface area contributed by atoms with Gasteiger partial charge in [-0.2, -0.15) is 0 Å². The number of quaternary nitrogens is 3. The SMILES string of the molecule is C1CC[NH2+]CC1.C1CC[NH2+]CC1.C1COCC[NH2+]1.F[B-](F)(F)F.F[B-](F)(F)F.F[B-](F)(F)F. The number of nitrogens with two attached hydrogens (primary N) is 3. The Bertz CT molecular complexity index is 283. The third-order valence-electron chi connectivity index (χ3n) is 3.57. The van der Waals surface area contributed by atoms with Crippen LogP contribution in [0.15, 0.2) is 0 Å². The third kappa shape index (κ3) is 89.9. The van der Waals surface area contributed by atoms with Gasteiger partial charge >= 0.3 is 21.8 Å². The van der Waals surface area contributed by atoms with E-state index >= 15 is 0 Å². The van der Waals surface area contributed by atoms with Crippen LogP contribution in [0.4, 0.5) is 51.8 Å². The molecule has 3 heterocycles. The minimum Gasteiger partial charge on any atom is -0.418 e. The molecule has 19 heteroatoms. The van der Waals surface area contributed by atoms with Gasteiger partial charge in [-0.3, -0.25) is 0 Å². The van der Waals surface area contributed by atoms with Crippen molar-refractivity contribution in [3.05, 3.63) is 0 Å². The van der Waals surface area contributed by atoms with Gasteiger partial charge in [0.2, 0.25) is 0 Å². The number of hydrogen-bond donors (Lipinski definition) is 3. The molecule has 0 aliphatic carbocycles. The second-order valence-corrected chi connectivity index (χ2v) is 6.82. The number of halogens is 12. The normalized spacial score (nSPS) is 18.5. The summed E-state index contributed by atoms with van der Waals surface area (Å²) >= 11 is 0. The van der Waals surface area contributed by atoms with E-state index in [1.54, 1.807) is 0 Å². The quantitative estimate of drug-likeness (QED) is 0.332. The molecule has 0 amide bonds. The smallest absolute Gasteiger partial charge is 0.418 e. The van der Waals surface area contributed by atoms with Crippen molar-refractivity contribution >= 4 is 21.8 Å². The van der Waals surface area contributed by atoms with Crippen LogP contribution < -0.4 is 16.0 Å². The summed E-state index contributed by atoms with van der Waals surface area (Å²) in [5.74, 6) is 0. The fourth-order valence-corrected chi connectivity index (χ4v) is 2.38. The highest BCUT2D eigenvalue weighted by Gasteiger charge is 2.21. The Morgan fingerprint density at radius 2 is 0.576 bits per heavy atom. The summed E-state index contributed by atoms with van der Waals surface area (Å²) in [4.78, 5) is 0. The average Bonchev–Trinajstić information content (AvgIpc) is 2.69. The van der Waals surface area contributed by atoms with Gasteiger partial charge in [0.25, 0.3) is 0 Å². The van der Waals surface area contributed by atoms with Crippen LogP contribution in [-0.2, 0) is 4.74 Å². The van der Waals surface area contributed by atoms with Crippen LogP contribution >= 0.6 is 0 Å². The predicted octanol–water partition coefficient (Wildman–Crippen LogP) is 1.95. The zero-order chi connectivity index (χ0) is 26.2. The van der Waals surface area contributed by atoms with E-state index in [2.05, 4.69) is 16.0 Å². The molecular formula is C14H34B3F12N3O. The molecule has 0 atom stereocenters. The summed E-state index contributed by atoms with van der Waals surface area (Å²) in [5.41, 5.74) is 0. The Labute approximate surface area is 186 Å². The molecule has 0 bridgehead atoms. The van der Waals surface area contributed by atoms with Crippen molar-refractivity contribution in [1.29, 1.82) is 0 Å². The van der Waals surface area contributed by atoms with Gasteiger partial charge in [-0.15, -0.1) is 0 Å². The molecule has 0 aromatic carbocycles. The van der Waals surface area contributed by atoms with Crippen LogP contribution in [0.25, 0.3) is 0 Å². The van der Waals surface area contributed by atoms with Crippen molar-refractivity contribution in [3.8, 4) is 0 Å².